The summed E-state index contributed by atoms with van der Waals surface area (Å²) in [5.41, 5.74) is 3.65. The lowest BCUT2D eigenvalue weighted by Crippen LogP contribution is -1.96. The van der Waals surface area contributed by atoms with E-state index in [9.17, 15) is 0 Å². The summed E-state index contributed by atoms with van der Waals surface area (Å²) in [6, 6.07) is 0. The Labute approximate surface area is 83.0 Å². The summed E-state index contributed by atoms with van der Waals surface area (Å²) in [6.45, 7) is 18.8. The fourth-order valence-corrected chi connectivity index (χ4v) is 0.993. The lowest BCUT2D eigenvalue weighted by molar-refractivity contribution is 0.771. The van der Waals surface area contributed by atoms with Gasteiger partial charge in [-0.2, -0.15) is 0 Å². The molecule has 13 heavy (non-hydrogen) atoms. The summed E-state index contributed by atoms with van der Waals surface area (Å²) in [5.74, 6) is 1.05. The van der Waals surface area contributed by atoms with Gasteiger partial charge in [-0.3, -0.25) is 0 Å². The predicted octanol–water partition coefficient (Wildman–Crippen LogP) is 4.36. The van der Waals surface area contributed by atoms with Gasteiger partial charge < -0.3 is 0 Å². The zero-order valence-electron chi connectivity index (χ0n) is 9.65. The van der Waals surface area contributed by atoms with E-state index < -0.39 is 0 Å². The second-order valence-electron chi connectivity index (χ2n) is 4.24. The van der Waals surface area contributed by atoms with Crippen LogP contribution in [0.5, 0.6) is 0 Å². The fourth-order valence-electron chi connectivity index (χ4n) is 0.993. The summed E-state index contributed by atoms with van der Waals surface area (Å²) < 4.78 is 0. The van der Waals surface area contributed by atoms with Crippen LogP contribution >= 0.6 is 0 Å². The van der Waals surface area contributed by atoms with Gasteiger partial charge in [0.1, 0.15) is 0 Å². The van der Waals surface area contributed by atoms with E-state index in [1.807, 2.05) is 0 Å². The maximum absolute atomic E-state index is 4.06. The molecular weight excluding hydrogens is 156 g/mol. The standard InChI is InChI=1S/C13H22/c1-9(2)11(5)8-12(6)13(7)10(3)4/h8-10H,5,7H2,1-4,6H3/b12-8-. The lowest BCUT2D eigenvalue weighted by atomic mass is 9.94. The van der Waals surface area contributed by atoms with Crippen molar-refractivity contribution in [1.82, 2.24) is 0 Å². The molecule has 0 atom stereocenters. The average Bonchev–Trinajstić information content (AvgIpc) is 2.02. The van der Waals surface area contributed by atoms with Crippen LogP contribution in [-0.2, 0) is 0 Å². The SMILES string of the molecule is C=C(/C=C(/C)C(=C)C(C)C)C(C)C. The number of allylic oxidation sites excluding steroid dienone is 4. The van der Waals surface area contributed by atoms with E-state index in [2.05, 4.69) is 53.9 Å². The first-order chi connectivity index (χ1) is 5.86. The Bertz CT molecular complexity index is 226. The molecule has 0 amide bonds. The zero-order valence-corrected chi connectivity index (χ0v) is 9.65. The highest BCUT2D eigenvalue weighted by Crippen LogP contribution is 2.20. The minimum absolute atomic E-state index is 0.523. The van der Waals surface area contributed by atoms with Crippen molar-refractivity contribution >= 4 is 0 Å². The van der Waals surface area contributed by atoms with E-state index in [0.717, 1.165) is 0 Å². The highest BCUT2D eigenvalue weighted by molar-refractivity contribution is 5.34. The Morgan fingerprint density at radius 2 is 1.46 bits per heavy atom. The molecule has 0 aliphatic heterocycles. The molecule has 0 fully saturated rings. The molecule has 0 rings (SSSR count). The van der Waals surface area contributed by atoms with Crippen molar-refractivity contribution in [3.63, 3.8) is 0 Å². The molecule has 0 aromatic carbocycles. The topological polar surface area (TPSA) is 0 Å². The highest BCUT2D eigenvalue weighted by atomic mass is 14.1. The molecule has 0 aromatic heterocycles. The molecule has 0 saturated carbocycles. The predicted molar refractivity (Wildman–Crippen MR) is 61.7 cm³/mol. The van der Waals surface area contributed by atoms with Crippen molar-refractivity contribution in [3.8, 4) is 0 Å². The van der Waals surface area contributed by atoms with E-state index in [-0.39, 0.29) is 0 Å². The fraction of sp³-hybridized carbons (Fsp3) is 0.538. The third kappa shape index (κ3) is 4.12. The van der Waals surface area contributed by atoms with Crippen LogP contribution < -0.4 is 0 Å². The monoisotopic (exact) mass is 178 g/mol. The van der Waals surface area contributed by atoms with Crippen molar-refractivity contribution in [1.29, 1.82) is 0 Å². The van der Waals surface area contributed by atoms with Crippen LogP contribution in [0.4, 0.5) is 0 Å². The number of hydrogen-bond acceptors (Lipinski definition) is 0. The zero-order chi connectivity index (χ0) is 10.6. The van der Waals surface area contributed by atoms with Gasteiger partial charge in [-0.25, -0.2) is 0 Å². The second-order valence-corrected chi connectivity index (χ2v) is 4.24. The highest BCUT2D eigenvalue weighted by Gasteiger charge is 2.03. The summed E-state index contributed by atoms with van der Waals surface area (Å²) in [5, 5.41) is 0. The Morgan fingerprint density at radius 3 is 1.77 bits per heavy atom. The van der Waals surface area contributed by atoms with E-state index >= 15 is 0 Å². The first kappa shape index (κ1) is 12.2. The van der Waals surface area contributed by atoms with Crippen LogP contribution in [0.15, 0.2) is 36.0 Å². The molecule has 0 bridgehead atoms. The molecule has 0 saturated heterocycles. The van der Waals surface area contributed by atoms with Gasteiger partial charge in [0, 0.05) is 0 Å². The van der Waals surface area contributed by atoms with Crippen LogP contribution in [0.1, 0.15) is 34.6 Å². The van der Waals surface area contributed by atoms with Crippen molar-refractivity contribution in [2.24, 2.45) is 11.8 Å². The molecular formula is C13H22. The molecule has 0 aliphatic carbocycles. The average molecular weight is 178 g/mol. The van der Waals surface area contributed by atoms with Gasteiger partial charge in [0.2, 0.25) is 0 Å². The van der Waals surface area contributed by atoms with E-state index in [4.69, 9.17) is 0 Å². The maximum atomic E-state index is 4.06. The van der Waals surface area contributed by atoms with E-state index in [0.29, 0.717) is 11.8 Å². The van der Waals surface area contributed by atoms with Crippen LogP contribution in [0.25, 0.3) is 0 Å². The van der Waals surface area contributed by atoms with E-state index in [1.165, 1.54) is 16.7 Å². The number of hydrogen-bond donors (Lipinski definition) is 0. The summed E-state index contributed by atoms with van der Waals surface area (Å²) in [7, 11) is 0. The summed E-state index contributed by atoms with van der Waals surface area (Å²) >= 11 is 0. The van der Waals surface area contributed by atoms with Crippen LogP contribution in [0, 0.1) is 11.8 Å². The van der Waals surface area contributed by atoms with Crippen molar-refractivity contribution in [2.45, 2.75) is 34.6 Å². The lowest BCUT2D eigenvalue weighted by Gasteiger charge is -2.12. The van der Waals surface area contributed by atoms with Gasteiger partial charge >= 0.3 is 0 Å². The summed E-state index contributed by atoms with van der Waals surface area (Å²) in [6.07, 6.45) is 2.15. The van der Waals surface area contributed by atoms with Crippen LogP contribution in [0.2, 0.25) is 0 Å². The van der Waals surface area contributed by atoms with Gasteiger partial charge in [0.25, 0.3) is 0 Å². The van der Waals surface area contributed by atoms with Gasteiger partial charge in [-0.15, -0.1) is 0 Å². The maximum Gasteiger partial charge on any atom is -0.0222 e. The first-order valence-corrected chi connectivity index (χ1v) is 4.92. The molecule has 0 spiro atoms. The molecule has 0 heteroatoms. The molecule has 74 valence electrons. The summed E-state index contributed by atoms with van der Waals surface area (Å²) in [4.78, 5) is 0. The van der Waals surface area contributed by atoms with Gasteiger partial charge in [0.15, 0.2) is 0 Å². The third-order valence-electron chi connectivity index (χ3n) is 2.35. The van der Waals surface area contributed by atoms with Crippen molar-refractivity contribution in [3.05, 3.63) is 36.0 Å². The Hall–Kier alpha value is -0.780. The van der Waals surface area contributed by atoms with Gasteiger partial charge in [-0.05, 0) is 29.9 Å². The van der Waals surface area contributed by atoms with Gasteiger partial charge in [0.05, 0.1) is 0 Å². The minimum Gasteiger partial charge on any atom is -0.0956 e. The third-order valence-corrected chi connectivity index (χ3v) is 2.35. The smallest absolute Gasteiger partial charge is 0.0222 e. The minimum atomic E-state index is 0.523. The van der Waals surface area contributed by atoms with Crippen molar-refractivity contribution < 1.29 is 0 Å². The van der Waals surface area contributed by atoms with Gasteiger partial charge in [-0.1, -0.05) is 52.5 Å². The normalized spacial score (nSPS) is 12.4. The molecule has 0 radical (unpaired) electrons. The Kier molecular flexibility index (Phi) is 4.76. The second kappa shape index (κ2) is 5.06. The van der Waals surface area contributed by atoms with Crippen molar-refractivity contribution in [2.75, 3.05) is 0 Å². The molecule has 0 unspecified atom stereocenters. The molecule has 0 N–H and O–H groups in total. The van der Waals surface area contributed by atoms with Crippen LogP contribution in [0.3, 0.4) is 0 Å². The Balaban J connectivity index is 4.50. The van der Waals surface area contributed by atoms with E-state index in [1.54, 1.807) is 0 Å². The molecule has 0 nitrogen and oxygen atoms in total. The quantitative estimate of drug-likeness (QED) is 0.561. The molecule has 0 heterocycles. The largest absolute Gasteiger partial charge is 0.0956 e. The van der Waals surface area contributed by atoms with Crippen LogP contribution in [-0.4, -0.2) is 0 Å². The first-order valence-electron chi connectivity index (χ1n) is 4.92. The molecule has 0 aliphatic rings. The molecule has 0 aromatic rings. The number of rotatable bonds is 4. The Morgan fingerprint density at radius 1 is 1.00 bits per heavy atom.